The molecule has 0 aliphatic heterocycles. The first-order valence-corrected chi connectivity index (χ1v) is 17.4. The van der Waals surface area contributed by atoms with Crippen molar-refractivity contribution in [1.82, 2.24) is 0 Å². The van der Waals surface area contributed by atoms with E-state index in [1.54, 1.807) is 0 Å². The molecule has 0 bridgehead atoms. The van der Waals surface area contributed by atoms with Gasteiger partial charge < -0.3 is 15.9 Å². The normalized spacial score (nSPS) is 11.5. The first-order valence-electron chi connectivity index (χ1n) is 10.7. The van der Waals surface area contributed by atoms with Crippen LogP contribution in [0.4, 0.5) is 11.4 Å². The minimum atomic E-state index is -4.98. The number of carboxylic acid groups (broad SMARTS) is 2. The molecule has 0 aliphatic carbocycles. The van der Waals surface area contributed by atoms with Crippen LogP contribution in [0.5, 0.6) is 11.5 Å². The first-order chi connectivity index (χ1) is 18.1. The second-order valence-electron chi connectivity index (χ2n) is 7.73. The van der Waals surface area contributed by atoms with Gasteiger partial charge in [-0.15, -0.1) is 0 Å². The molecule has 1 atom stereocenters. The number of aliphatic carboxylic acids is 2. The van der Waals surface area contributed by atoms with Crippen LogP contribution in [0.2, 0.25) is 0 Å². The number of phenolic OH excluding ortho intramolecular Hbond substituents is 2. The fourth-order valence-electron chi connectivity index (χ4n) is 2.39. The number of anilines is 2. The second kappa shape index (κ2) is 15.9. The van der Waals surface area contributed by atoms with Gasteiger partial charge >= 0.3 is 188 Å². The number of nitrogens with one attached hydrogen (secondary N) is 2. The molecule has 0 radical (unpaired) electrons. The molecule has 0 unspecified atom stereocenters. The third kappa shape index (κ3) is 14.6. The van der Waals surface area contributed by atoms with E-state index >= 15 is 0 Å². The maximum absolute atomic E-state index is 10.9. The molecule has 0 aromatic heterocycles. The van der Waals surface area contributed by atoms with Crippen LogP contribution in [0.25, 0.3) is 0 Å². The van der Waals surface area contributed by atoms with Crippen molar-refractivity contribution in [2.45, 2.75) is 32.7 Å². The average Bonchev–Trinajstić information content (AvgIpc) is 2.79. The Bertz CT molecular complexity index is 1240. The summed E-state index contributed by atoms with van der Waals surface area (Å²) in [5.41, 5.74) is 4.98. The summed E-state index contributed by atoms with van der Waals surface area (Å²) in [5.74, 6) is -3.53. The standard InChI is InChI=1S/2C8H10AsNO5.C5H9NO4/c2*1-5(11)10-7-4-6(9(13,14)15)2-3-8(7)12;6-3(5(9)10)1-2-4(7)8/h2*2-4,12H,1H3,(H,10,11)(H2,13,14,15);3H,1-2,6H2,(H,7,8)(H,9,10)/t;;3-/m..0/s1. The molecule has 17 nitrogen and oxygen atoms in total. The molecular weight excluding hydrogens is 668 g/mol. The van der Waals surface area contributed by atoms with E-state index in [2.05, 4.69) is 10.6 Å². The van der Waals surface area contributed by atoms with Crippen molar-refractivity contribution >= 4 is 72.2 Å². The Morgan fingerprint density at radius 2 is 1.12 bits per heavy atom. The molecule has 2 rings (SSSR count). The van der Waals surface area contributed by atoms with Gasteiger partial charge in [0, 0.05) is 6.42 Å². The number of aromatic hydroxyl groups is 2. The summed E-state index contributed by atoms with van der Waals surface area (Å²) in [5, 5.41) is 39.4. The largest absolute Gasteiger partial charge is 0.481 e. The van der Waals surface area contributed by atoms with Gasteiger partial charge in [-0.05, 0) is 6.42 Å². The van der Waals surface area contributed by atoms with Crippen molar-refractivity contribution in [3.63, 3.8) is 0 Å². The molecule has 19 heteroatoms. The number of carbonyl (C=O) groups is 4. The van der Waals surface area contributed by atoms with Crippen LogP contribution in [0, 0.1) is 0 Å². The molecule has 12 N–H and O–H groups in total. The van der Waals surface area contributed by atoms with Gasteiger partial charge in [-0.2, -0.15) is 0 Å². The Balaban J connectivity index is 0.000000585. The molecule has 0 aliphatic rings. The van der Waals surface area contributed by atoms with Gasteiger partial charge in [0.2, 0.25) is 0 Å². The van der Waals surface area contributed by atoms with E-state index in [4.69, 9.17) is 32.3 Å². The maximum Gasteiger partial charge on any atom is 0.320 e. The van der Waals surface area contributed by atoms with Crippen LogP contribution in [0.1, 0.15) is 26.7 Å². The number of phenols is 2. The van der Waals surface area contributed by atoms with Crippen LogP contribution in [-0.4, -0.2) is 94.9 Å². The maximum atomic E-state index is 10.9. The van der Waals surface area contributed by atoms with E-state index in [0.717, 1.165) is 36.4 Å². The van der Waals surface area contributed by atoms with Gasteiger partial charge in [-0.1, -0.05) is 0 Å². The zero-order chi connectivity index (χ0) is 31.4. The van der Waals surface area contributed by atoms with E-state index in [1.165, 1.54) is 13.8 Å². The van der Waals surface area contributed by atoms with Gasteiger partial charge in [0.15, 0.2) is 0 Å². The zero-order valence-corrected chi connectivity index (χ0v) is 24.7. The second-order valence-corrected chi connectivity index (χ2v) is 14.5. The van der Waals surface area contributed by atoms with Crippen molar-refractivity contribution in [2.75, 3.05) is 10.6 Å². The van der Waals surface area contributed by atoms with Crippen LogP contribution in [0.15, 0.2) is 36.4 Å². The topological polar surface area (TPSA) is 314 Å². The molecule has 40 heavy (non-hydrogen) atoms. The number of carboxylic acids is 2. The van der Waals surface area contributed by atoms with Gasteiger partial charge in [-0.3, -0.25) is 9.59 Å². The third-order valence-corrected chi connectivity index (χ3v) is 8.23. The van der Waals surface area contributed by atoms with E-state index in [1.807, 2.05) is 0 Å². The van der Waals surface area contributed by atoms with Crippen molar-refractivity contribution in [3.8, 4) is 11.5 Å². The molecule has 0 saturated heterocycles. The predicted octanol–water partition coefficient (Wildman–Crippen LogP) is -2.91. The van der Waals surface area contributed by atoms with E-state index in [0.29, 0.717) is 0 Å². The summed E-state index contributed by atoms with van der Waals surface area (Å²) in [4.78, 5) is 41.3. The Labute approximate surface area is 232 Å². The van der Waals surface area contributed by atoms with Crippen molar-refractivity contribution in [3.05, 3.63) is 36.4 Å². The predicted molar refractivity (Wildman–Crippen MR) is 138 cm³/mol. The Kier molecular flexibility index (Phi) is 14.5. The Morgan fingerprint density at radius 3 is 1.38 bits per heavy atom. The molecule has 0 saturated carbocycles. The summed E-state index contributed by atoms with van der Waals surface area (Å²) in [6.07, 6.45) is -0.224. The smallest absolute Gasteiger partial charge is 0.320 e. The number of carbonyl (C=O) groups excluding carboxylic acids is 2. The van der Waals surface area contributed by atoms with Crippen LogP contribution >= 0.6 is 0 Å². The van der Waals surface area contributed by atoms with Crippen LogP contribution in [-0.2, 0) is 26.7 Å². The number of benzene rings is 2. The molecule has 222 valence electrons. The minimum absolute atomic E-state index is 0.00951. The molecule has 2 aromatic rings. The van der Waals surface area contributed by atoms with Gasteiger partial charge in [0.25, 0.3) is 0 Å². The number of rotatable bonds is 8. The fraction of sp³-hybridized carbons (Fsp3) is 0.238. The average molecular weight is 697 g/mol. The van der Waals surface area contributed by atoms with Gasteiger partial charge in [0.05, 0.1) is 0 Å². The quantitative estimate of drug-likeness (QED) is 0.0973. The van der Waals surface area contributed by atoms with Crippen molar-refractivity contribution in [1.29, 1.82) is 0 Å². The summed E-state index contributed by atoms with van der Waals surface area (Å²) in [6.45, 7) is 2.46. The first kappa shape index (κ1) is 36.4. The van der Waals surface area contributed by atoms with Gasteiger partial charge in [-0.25, -0.2) is 0 Å². The molecular formula is C21H29As2N3O14. The number of amides is 2. The summed E-state index contributed by atoms with van der Waals surface area (Å²) >= 11 is -9.97. The van der Waals surface area contributed by atoms with E-state index in [9.17, 15) is 36.9 Å². The zero-order valence-electron chi connectivity index (χ0n) is 21.0. The van der Waals surface area contributed by atoms with Crippen LogP contribution in [0.3, 0.4) is 0 Å². The Morgan fingerprint density at radius 1 is 0.775 bits per heavy atom. The monoisotopic (exact) mass is 697 g/mol. The fourth-order valence-corrected chi connectivity index (χ4v) is 4.77. The van der Waals surface area contributed by atoms with E-state index in [-0.39, 0.29) is 44.4 Å². The molecule has 2 aromatic carbocycles. The van der Waals surface area contributed by atoms with Gasteiger partial charge in [0.1, 0.15) is 6.04 Å². The number of hydrogen-bond acceptors (Lipinski definition) is 9. The SMILES string of the molecule is CC(=O)Nc1cc([As](=O)(O)O)ccc1O.CC(=O)Nc1cc([As](=O)(O)O)ccc1O.N[C@@H](CCC(=O)O)C(=O)O. The summed E-state index contributed by atoms with van der Waals surface area (Å²) in [6, 6.07) is 5.58. The number of hydrogen-bond donors (Lipinski definition) is 11. The minimum Gasteiger partial charge on any atom is -0.481 e. The number of nitrogens with two attached hydrogens (primary N) is 1. The van der Waals surface area contributed by atoms with Crippen molar-refractivity contribution < 1.29 is 63.5 Å². The van der Waals surface area contributed by atoms with E-state index < -0.39 is 58.1 Å². The Hall–Kier alpha value is -3.56. The van der Waals surface area contributed by atoms with Crippen LogP contribution < -0.4 is 25.1 Å². The summed E-state index contributed by atoms with van der Waals surface area (Å²) < 4.78 is 57.2. The molecule has 2 amide bonds. The third-order valence-electron chi connectivity index (χ3n) is 4.24. The molecule has 0 heterocycles. The molecule has 0 fully saturated rings. The van der Waals surface area contributed by atoms with Crippen molar-refractivity contribution in [2.24, 2.45) is 5.73 Å². The molecule has 0 spiro atoms. The summed E-state index contributed by atoms with van der Waals surface area (Å²) in [7, 11) is 0.